The summed E-state index contributed by atoms with van der Waals surface area (Å²) in [5.41, 5.74) is 2.35. The van der Waals surface area contributed by atoms with Gasteiger partial charge in [0.2, 0.25) is 0 Å². The molecule has 4 rings (SSSR count). The minimum absolute atomic E-state index is 0.0120. The van der Waals surface area contributed by atoms with E-state index < -0.39 is 26.0 Å². The number of nitrogens with zero attached hydrogens (tertiary/aromatic N) is 1. The number of sulfonamides is 2. The fourth-order valence-electron chi connectivity index (χ4n) is 3.40. The Morgan fingerprint density at radius 2 is 1.41 bits per heavy atom. The number of rotatable bonds is 8. The molecule has 3 N–H and O–H groups in total. The molecule has 1 heterocycles. The van der Waals surface area contributed by atoms with E-state index in [-0.39, 0.29) is 21.2 Å². The number of aryl methyl sites for hydroxylation is 2. The van der Waals surface area contributed by atoms with E-state index in [1.807, 2.05) is 6.92 Å². The van der Waals surface area contributed by atoms with Gasteiger partial charge in [-0.15, -0.1) is 0 Å². The van der Waals surface area contributed by atoms with Gasteiger partial charge in [-0.2, -0.15) is 0 Å². The van der Waals surface area contributed by atoms with Gasteiger partial charge in [0.1, 0.15) is 5.82 Å². The summed E-state index contributed by atoms with van der Waals surface area (Å²) in [6.45, 7) is 3.54. The second-order valence-electron chi connectivity index (χ2n) is 8.25. The number of carbonyl (C=O) groups excluding carboxylic acids is 1. The van der Waals surface area contributed by atoms with Crippen molar-refractivity contribution in [3.8, 4) is 0 Å². The molecule has 1 amide bonds. The van der Waals surface area contributed by atoms with Gasteiger partial charge in [-0.3, -0.25) is 14.2 Å². The highest BCUT2D eigenvalue weighted by Crippen LogP contribution is 2.23. The first-order chi connectivity index (χ1) is 17.5. The predicted octanol–water partition coefficient (Wildman–Crippen LogP) is 4.55. The minimum Gasteiger partial charge on any atom is -0.322 e. The van der Waals surface area contributed by atoms with Gasteiger partial charge in [0.05, 0.1) is 9.79 Å². The van der Waals surface area contributed by atoms with Crippen LogP contribution in [0.3, 0.4) is 0 Å². The van der Waals surface area contributed by atoms with E-state index in [4.69, 9.17) is 0 Å². The lowest BCUT2D eigenvalue weighted by Crippen LogP contribution is -2.17. The lowest BCUT2D eigenvalue weighted by Gasteiger charge is -2.13. The number of pyridine rings is 1. The summed E-state index contributed by atoms with van der Waals surface area (Å²) >= 11 is 0. The SMILES string of the molecule is Cc1ccc(NS(=O)(=O)c2cc(C(=O)Nc3ccc(S(=O)(=O)Nc4ccccn4)cc3)ccc2C)cc1. The van der Waals surface area contributed by atoms with E-state index in [1.165, 1.54) is 48.7 Å². The maximum Gasteiger partial charge on any atom is 0.263 e. The monoisotopic (exact) mass is 536 g/mol. The Bertz CT molecular complexity index is 1640. The molecular formula is C26H24N4O5S2. The number of aromatic nitrogens is 1. The van der Waals surface area contributed by atoms with E-state index in [9.17, 15) is 21.6 Å². The highest BCUT2D eigenvalue weighted by molar-refractivity contribution is 7.93. The first kappa shape index (κ1) is 25.9. The van der Waals surface area contributed by atoms with Crippen LogP contribution in [-0.2, 0) is 20.0 Å². The Balaban J connectivity index is 1.49. The molecule has 37 heavy (non-hydrogen) atoms. The summed E-state index contributed by atoms with van der Waals surface area (Å²) in [4.78, 5) is 16.8. The normalized spacial score (nSPS) is 11.5. The zero-order valence-corrected chi connectivity index (χ0v) is 21.6. The van der Waals surface area contributed by atoms with Gasteiger partial charge in [0.15, 0.2) is 0 Å². The summed E-state index contributed by atoms with van der Waals surface area (Å²) in [5.74, 6) is -0.365. The third-order valence-electron chi connectivity index (χ3n) is 5.37. The van der Waals surface area contributed by atoms with Crippen molar-refractivity contribution in [2.24, 2.45) is 0 Å². The highest BCUT2D eigenvalue weighted by atomic mass is 32.2. The van der Waals surface area contributed by atoms with Crippen molar-refractivity contribution >= 4 is 43.1 Å². The van der Waals surface area contributed by atoms with E-state index in [0.717, 1.165) is 5.56 Å². The maximum absolute atomic E-state index is 13.0. The van der Waals surface area contributed by atoms with Crippen LogP contribution in [0.15, 0.2) is 101 Å². The molecule has 0 saturated heterocycles. The van der Waals surface area contributed by atoms with Gasteiger partial charge in [0.25, 0.3) is 26.0 Å². The van der Waals surface area contributed by atoms with E-state index in [2.05, 4.69) is 19.7 Å². The van der Waals surface area contributed by atoms with Crippen molar-refractivity contribution in [3.63, 3.8) is 0 Å². The molecule has 0 saturated carbocycles. The number of amides is 1. The Morgan fingerprint density at radius 1 is 0.730 bits per heavy atom. The molecule has 0 aliphatic heterocycles. The molecule has 0 unspecified atom stereocenters. The summed E-state index contributed by atoms with van der Waals surface area (Å²) in [6, 6.07) is 21.7. The lowest BCUT2D eigenvalue weighted by atomic mass is 10.1. The maximum atomic E-state index is 13.0. The van der Waals surface area contributed by atoms with Crippen LogP contribution in [0.25, 0.3) is 0 Å². The molecule has 0 atom stereocenters. The Morgan fingerprint density at radius 3 is 2.05 bits per heavy atom. The zero-order chi connectivity index (χ0) is 26.6. The van der Waals surface area contributed by atoms with Crippen LogP contribution >= 0.6 is 0 Å². The van der Waals surface area contributed by atoms with E-state index in [1.54, 1.807) is 49.4 Å². The molecule has 11 heteroatoms. The van der Waals surface area contributed by atoms with Crippen molar-refractivity contribution in [1.29, 1.82) is 0 Å². The topological polar surface area (TPSA) is 134 Å². The molecule has 0 spiro atoms. The molecule has 0 aliphatic carbocycles. The Kier molecular flexibility index (Phi) is 7.28. The largest absolute Gasteiger partial charge is 0.322 e. The van der Waals surface area contributed by atoms with Crippen molar-refractivity contribution in [2.45, 2.75) is 23.6 Å². The molecule has 3 aromatic carbocycles. The summed E-state index contributed by atoms with van der Waals surface area (Å²) < 4.78 is 56.0. The summed E-state index contributed by atoms with van der Waals surface area (Å²) in [5, 5.41) is 2.66. The molecular weight excluding hydrogens is 512 g/mol. The first-order valence-electron chi connectivity index (χ1n) is 11.1. The highest BCUT2D eigenvalue weighted by Gasteiger charge is 2.20. The minimum atomic E-state index is -3.94. The average molecular weight is 537 g/mol. The number of nitrogens with one attached hydrogen (secondary N) is 3. The molecule has 4 aromatic rings. The first-order valence-corrected chi connectivity index (χ1v) is 14.1. The fraction of sp³-hybridized carbons (Fsp3) is 0.0769. The second-order valence-corrected chi connectivity index (χ2v) is 11.6. The van der Waals surface area contributed by atoms with Crippen LogP contribution in [0.2, 0.25) is 0 Å². The number of hydrogen-bond donors (Lipinski definition) is 3. The van der Waals surface area contributed by atoms with Crippen LogP contribution in [-0.4, -0.2) is 27.7 Å². The number of benzene rings is 3. The zero-order valence-electron chi connectivity index (χ0n) is 20.0. The molecule has 0 bridgehead atoms. The molecule has 0 radical (unpaired) electrons. The second kappa shape index (κ2) is 10.4. The summed E-state index contributed by atoms with van der Waals surface area (Å²) in [6.07, 6.45) is 1.47. The van der Waals surface area contributed by atoms with Crippen LogP contribution in [0.1, 0.15) is 21.5 Å². The van der Waals surface area contributed by atoms with Crippen molar-refractivity contribution in [2.75, 3.05) is 14.8 Å². The number of hydrogen-bond acceptors (Lipinski definition) is 6. The Hall–Kier alpha value is -4.22. The van der Waals surface area contributed by atoms with Gasteiger partial charge in [-0.05, 0) is 80.1 Å². The number of anilines is 3. The van der Waals surface area contributed by atoms with Crippen molar-refractivity contribution in [3.05, 3.63) is 108 Å². The third kappa shape index (κ3) is 6.32. The van der Waals surface area contributed by atoms with Crippen LogP contribution in [0, 0.1) is 13.8 Å². The van der Waals surface area contributed by atoms with Crippen molar-refractivity contribution < 1.29 is 21.6 Å². The van der Waals surface area contributed by atoms with E-state index >= 15 is 0 Å². The van der Waals surface area contributed by atoms with Gasteiger partial charge in [0, 0.05) is 23.1 Å². The number of carbonyl (C=O) groups is 1. The van der Waals surface area contributed by atoms with Gasteiger partial charge >= 0.3 is 0 Å². The van der Waals surface area contributed by atoms with Gasteiger partial charge < -0.3 is 5.32 Å². The smallest absolute Gasteiger partial charge is 0.263 e. The van der Waals surface area contributed by atoms with Crippen LogP contribution in [0.5, 0.6) is 0 Å². The third-order valence-corrected chi connectivity index (χ3v) is 8.26. The summed E-state index contributed by atoms with van der Waals surface area (Å²) in [7, 11) is -7.81. The van der Waals surface area contributed by atoms with E-state index in [0.29, 0.717) is 16.9 Å². The van der Waals surface area contributed by atoms with Gasteiger partial charge in [-0.25, -0.2) is 21.8 Å². The lowest BCUT2D eigenvalue weighted by molar-refractivity contribution is 0.102. The average Bonchev–Trinajstić information content (AvgIpc) is 2.86. The molecule has 190 valence electrons. The quantitative estimate of drug-likeness (QED) is 0.302. The van der Waals surface area contributed by atoms with Crippen LogP contribution < -0.4 is 14.8 Å². The standard InChI is InChI=1S/C26H24N4O5S2/c1-18-6-10-22(11-7-18)29-37(34,35)24-17-20(9-8-19(24)2)26(31)28-21-12-14-23(15-13-21)36(32,33)30-25-5-3-4-16-27-25/h3-17,29H,1-2H3,(H,27,30)(H,28,31). The fourth-order valence-corrected chi connectivity index (χ4v) is 5.74. The molecule has 0 aliphatic rings. The van der Waals surface area contributed by atoms with Crippen LogP contribution in [0.4, 0.5) is 17.2 Å². The van der Waals surface area contributed by atoms with Crippen molar-refractivity contribution in [1.82, 2.24) is 4.98 Å². The molecule has 0 fully saturated rings. The Labute approximate surface area is 215 Å². The molecule has 9 nitrogen and oxygen atoms in total. The molecule has 1 aromatic heterocycles. The predicted molar refractivity (Wildman–Crippen MR) is 143 cm³/mol. The van der Waals surface area contributed by atoms with Gasteiger partial charge in [-0.1, -0.05) is 29.8 Å².